The lowest BCUT2D eigenvalue weighted by atomic mass is 10.1. The summed E-state index contributed by atoms with van der Waals surface area (Å²) < 4.78 is 36.6. The first-order chi connectivity index (χ1) is 8.73. The third-order valence-corrected chi connectivity index (χ3v) is 2.48. The summed E-state index contributed by atoms with van der Waals surface area (Å²) in [6, 6.07) is 3.61. The number of nitrogens with two attached hydrogens (primary N) is 1. The molecule has 0 spiro atoms. The Labute approximate surface area is 109 Å². The van der Waals surface area contributed by atoms with E-state index in [0.717, 1.165) is 0 Å². The van der Waals surface area contributed by atoms with Crippen LogP contribution < -0.4 is 16.4 Å². The number of benzene rings is 1. The molecular formula is C12H16F3N3O. The minimum atomic E-state index is -4.23. The fourth-order valence-electron chi connectivity index (χ4n) is 1.64. The second kappa shape index (κ2) is 5.81. The molecular weight excluding hydrogens is 259 g/mol. The zero-order chi connectivity index (χ0) is 14.6. The number of hydrogen-bond donors (Lipinski definition) is 3. The van der Waals surface area contributed by atoms with Gasteiger partial charge in [-0.3, -0.25) is 4.79 Å². The fraction of sp³-hybridized carbons (Fsp3) is 0.417. The quantitative estimate of drug-likeness (QED) is 0.739. The van der Waals surface area contributed by atoms with Gasteiger partial charge in [0.2, 0.25) is 0 Å². The van der Waals surface area contributed by atoms with E-state index >= 15 is 0 Å². The topological polar surface area (TPSA) is 67.2 Å². The van der Waals surface area contributed by atoms with Crippen molar-refractivity contribution in [2.75, 3.05) is 18.1 Å². The zero-order valence-electron chi connectivity index (χ0n) is 10.6. The maximum Gasteiger partial charge on any atom is 0.391 e. The van der Waals surface area contributed by atoms with E-state index in [4.69, 9.17) is 5.73 Å². The molecule has 0 heterocycles. The Bertz CT molecular complexity index is 460. The highest BCUT2D eigenvalue weighted by Crippen LogP contribution is 2.26. The molecule has 7 heteroatoms. The van der Waals surface area contributed by atoms with Crippen LogP contribution in [0.5, 0.6) is 0 Å². The van der Waals surface area contributed by atoms with Crippen LogP contribution in [-0.4, -0.2) is 25.2 Å². The molecule has 0 saturated carbocycles. The Balaban J connectivity index is 2.78. The first-order valence-corrected chi connectivity index (χ1v) is 5.68. The third kappa shape index (κ3) is 4.69. The average molecular weight is 275 g/mol. The smallest absolute Gasteiger partial charge is 0.391 e. The standard InChI is InChI=1S/C12H16F3N3O/c1-7(6-12(13,14)15)18-10-4-3-8(5-9(10)16)11(19)17-2/h3-5,7,18H,6,16H2,1-2H3,(H,17,19). The molecule has 0 bridgehead atoms. The molecule has 1 unspecified atom stereocenters. The van der Waals surface area contributed by atoms with Gasteiger partial charge in [0.1, 0.15) is 0 Å². The molecule has 4 N–H and O–H groups in total. The van der Waals surface area contributed by atoms with Crippen molar-refractivity contribution in [2.45, 2.75) is 25.6 Å². The number of amides is 1. The highest BCUT2D eigenvalue weighted by Gasteiger charge is 2.30. The predicted octanol–water partition coefficient (Wildman–Crippen LogP) is 2.38. The van der Waals surface area contributed by atoms with E-state index in [1.807, 2.05) is 0 Å². The van der Waals surface area contributed by atoms with Gasteiger partial charge in [0.05, 0.1) is 17.8 Å². The van der Waals surface area contributed by atoms with Gasteiger partial charge in [-0.15, -0.1) is 0 Å². The van der Waals surface area contributed by atoms with Crippen molar-refractivity contribution in [3.05, 3.63) is 23.8 Å². The van der Waals surface area contributed by atoms with Crippen LogP contribution in [0, 0.1) is 0 Å². The van der Waals surface area contributed by atoms with Gasteiger partial charge in [0, 0.05) is 18.7 Å². The van der Waals surface area contributed by atoms with Gasteiger partial charge < -0.3 is 16.4 Å². The highest BCUT2D eigenvalue weighted by molar-refractivity contribution is 5.95. The Kier molecular flexibility index (Phi) is 4.63. The van der Waals surface area contributed by atoms with Crippen LogP contribution in [0.2, 0.25) is 0 Å². The predicted molar refractivity (Wildman–Crippen MR) is 68.0 cm³/mol. The summed E-state index contributed by atoms with van der Waals surface area (Å²) >= 11 is 0. The minimum absolute atomic E-state index is 0.232. The monoisotopic (exact) mass is 275 g/mol. The van der Waals surface area contributed by atoms with Crippen molar-refractivity contribution < 1.29 is 18.0 Å². The molecule has 0 fully saturated rings. The van der Waals surface area contributed by atoms with Crippen molar-refractivity contribution in [1.82, 2.24) is 5.32 Å². The number of halogens is 3. The SMILES string of the molecule is CNC(=O)c1ccc(NC(C)CC(F)(F)F)c(N)c1. The molecule has 1 aromatic carbocycles. The summed E-state index contributed by atoms with van der Waals surface area (Å²) in [5.74, 6) is -0.304. The van der Waals surface area contributed by atoms with Gasteiger partial charge in [0.15, 0.2) is 0 Å². The van der Waals surface area contributed by atoms with Crippen LogP contribution in [0.25, 0.3) is 0 Å². The van der Waals surface area contributed by atoms with Gasteiger partial charge >= 0.3 is 6.18 Å². The summed E-state index contributed by atoms with van der Waals surface area (Å²) in [4.78, 5) is 11.4. The molecule has 0 aliphatic heterocycles. The molecule has 0 radical (unpaired) electrons. The maximum atomic E-state index is 12.2. The maximum absolute atomic E-state index is 12.2. The lowest BCUT2D eigenvalue weighted by molar-refractivity contribution is -0.136. The second-order valence-electron chi connectivity index (χ2n) is 4.25. The Hall–Kier alpha value is -1.92. The number of carbonyl (C=O) groups excluding carboxylic acids is 1. The van der Waals surface area contributed by atoms with E-state index < -0.39 is 18.6 Å². The first-order valence-electron chi connectivity index (χ1n) is 5.68. The Morgan fingerprint density at radius 3 is 2.53 bits per heavy atom. The number of hydrogen-bond acceptors (Lipinski definition) is 3. The average Bonchev–Trinajstić information content (AvgIpc) is 2.28. The van der Waals surface area contributed by atoms with E-state index in [1.165, 1.54) is 32.2 Å². The van der Waals surface area contributed by atoms with Crippen LogP contribution in [0.4, 0.5) is 24.5 Å². The van der Waals surface area contributed by atoms with Crippen LogP contribution in [-0.2, 0) is 0 Å². The largest absolute Gasteiger partial charge is 0.397 e. The molecule has 1 aromatic rings. The van der Waals surface area contributed by atoms with E-state index in [2.05, 4.69) is 10.6 Å². The highest BCUT2D eigenvalue weighted by atomic mass is 19.4. The van der Waals surface area contributed by atoms with Gasteiger partial charge in [-0.2, -0.15) is 13.2 Å². The van der Waals surface area contributed by atoms with E-state index in [0.29, 0.717) is 11.3 Å². The molecule has 4 nitrogen and oxygen atoms in total. The molecule has 19 heavy (non-hydrogen) atoms. The van der Waals surface area contributed by atoms with Gasteiger partial charge in [-0.05, 0) is 25.1 Å². The summed E-state index contributed by atoms with van der Waals surface area (Å²) in [5, 5.41) is 5.11. The molecule has 0 saturated heterocycles. The summed E-state index contributed by atoms with van der Waals surface area (Å²) in [7, 11) is 1.48. The zero-order valence-corrected chi connectivity index (χ0v) is 10.6. The fourth-order valence-corrected chi connectivity index (χ4v) is 1.64. The lowest BCUT2D eigenvalue weighted by Crippen LogP contribution is -2.24. The van der Waals surface area contributed by atoms with E-state index in [-0.39, 0.29) is 11.6 Å². The second-order valence-corrected chi connectivity index (χ2v) is 4.25. The molecule has 106 valence electrons. The van der Waals surface area contributed by atoms with Crippen molar-refractivity contribution in [3.63, 3.8) is 0 Å². The third-order valence-electron chi connectivity index (χ3n) is 2.48. The molecule has 0 aliphatic carbocycles. The number of nitrogen functional groups attached to an aromatic ring is 1. The first kappa shape index (κ1) is 15.1. The van der Waals surface area contributed by atoms with Crippen LogP contribution in [0.1, 0.15) is 23.7 Å². The normalized spacial score (nSPS) is 12.9. The Morgan fingerprint density at radius 2 is 2.05 bits per heavy atom. The van der Waals surface area contributed by atoms with E-state index in [9.17, 15) is 18.0 Å². The molecule has 1 atom stereocenters. The van der Waals surface area contributed by atoms with Crippen molar-refractivity contribution >= 4 is 17.3 Å². The number of anilines is 2. The summed E-state index contributed by atoms with van der Waals surface area (Å²) in [6.45, 7) is 1.42. The van der Waals surface area contributed by atoms with Gasteiger partial charge in [-0.25, -0.2) is 0 Å². The lowest BCUT2D eigenvalue weighted by Gasteiger charge is -2.18. The molecule has 0 aromatic heterocycles. The number of alkyl halides is 3. The minimum Gasteiger partial charge on any atom is -0.397 e. The van der Waals surface area contributed by atoms with Crippen LogP contribution in [0.15, 0.2) is 18.2 Å². The van der Waals surface area contributed by atoms with Crippen LogP contribution >= 0.6 is 0 Å². The number of nitrogens with one attached hydrogen (secondary N) is 2. The molecule has 1 rings (SSSR count). The summed E-state index contributed by atoms with van der Waals surface area (Å²) in [6.07, 6.45) is -5.19. The van der Waals surface area contributed by atoms with Crippen molar-refractivity contribution in [1.29, 1.82) is 0 Å². The number of carbonyl (C=O) groups is 1. The number of rotatable bonds is 4. The Morgan fingerprint density at radius 1 is 1.42 bits per heavy atom. The van der Waals surface area contributed by atoms with E-state index in [1.54, 1.807) is 0 Å². The molecule has 0 aliphatic rings. The van der Waals surface area contributed by atoms with Crippen molar-refractivity contribution in [3.8, 4) is 0 Å². The van der Waals surface area contributed by atoms with Gasteiger partial charge in [-0.1, -0.05) is 0 Å². The van der Waals surface area contributed by atoms with Crippen molar-refractivity contribution in [2.24, 2.45) is 0 Å². The van der Waals surface area contributed by atoms with Crippen LogP contribution in [0.3, 0.4) is 0 Å². The molecule has 1 amide bonds. The van der Waals surface area contributed by atoms with Gasteiger partial charge in [0.25, 0.3) is 5.91 Å². The summed E-state index contributed by atoms with van der Waals surface area (Å²) in [5.41, 5.74) is 6.67.